The second-order valence-electron chi connectivity index (χ2n) is 7.16. The van der Waals surface area contributed by atoms with E-state index in [0.29, 0.717) is 28.6 Å². The van der Waals surface area contributed by atoms with Crippen LogP contribution in [0, 0.1) is 5.82 Å². The second-order valence-corrected chi connectivity index (χ2v) is 7.57. The van der Waals surface area contributed by atoms with Gasteiger partial charge in [0.2, 0.25) is 24.4 Å². The molecular formula is C21H15ClFN5O5. The molecule has 1 aromatic heterocycles. The number of carbonyl (C=O) groups excluding carboxylic acids is 2. The minimum atomic E-state index is -0.590. The van der Waals surface area contributed by atoms with Crippen LogP contribution in [0.15, 0.2) is 46.0 Å². The quantitative estimate of drug-likeness (QED) is 0.606. The Morgan fingerprint density at radius 1 is 1.15 bits per heavy atom. The third-order valence-electron chi connectivity index (χ3n) is 4.90. The van der Waals surface area contributed by atoms with Gasteiger partial charge in [-0.3, -0.25) is 9.59 Å². The van der Waals surface area contributed by atoms with E-state index in [-0.39, 0.29) is 42.1 Å². The van der Waals surface area contributed by atoms with Crippen LogP contribution in [0.1, 0.15) is 18.7 Å². The van der Waals surface area contributed by atoms with Crippen molar-refractivity contribution >= 4 is 34.8 Å². The zero-order valence-electron chi connectivity index (χ0n) is 16.9. The molecule has 1 N–H and O–H groups in total. The monoisotopic (exact) mass is 471 g/mol. The number of fused-ring (bicyclic) bond motifs is 1. The Balaban J connectivity index is 1.32. The molecule has 2 amide bonds. The van der Waals surface area contributed by atoms with Gasteiger partial charge in [-0.05, 0) is 36.4 Å². The molecule has 0 spiro atoms. The number of hydrazone groups is 1. The van der Waals surface area contributed by atoms with Crippen LogP contribution in [0.2, 0.25) is 5.02 Å². The summed E-state index contributed by atoms with van der Waals surface area (Å²) in [4.78, 5) is 29.0. The van der Waals surface area contributed by atoms with Crippen molar-refractivity contribution in [1.29, 1.82) is 0 Å². The summed E-state index contributed by atoms with van der Waals surface area (Å²) in [5.74, 6) is 0.156. The first-order valence-corrected chi connectivity index (χ1v) is 10.2. The number of benzene rings is 2. The molecule has 33 heavy (non-hydrogen) atoms. The fourth-order valence-electron chi connectivity index (χ4n) is 3.29. The van der Waals surface area contributed by atoms with E-state index in [2.05, 4.69) is 20.6 Å². The zero-order chi connectivity index (χ0) is 22.9. The summed E-state index contributed by atoms with van der Waals surface area (Å²) < 4.78 is 29.4. The number of aromatic nitrogens is 2. The fraction of sp³-hybridized carbons (Fsp3) is 0.190. The van der Waals surface area contributed by atoms with E-state index in [4.69, 9.17) is 25.6 Å². The molecule has 0 aliphatic carbocycles. The van der Waals surface area contributed by atoms with E-state index in [0.717, 1.165) is 11.1 Å². The van der Waals surface area contributed by atoms with Crippen molar-refractivity contribution in [1.82, 2.24) is 15.1 Å². The van der Waals surface area contributed by atoms with Gasteiger partial charge < -0.3 is 19.3 Å². The summed E-state index contributed by atoms with van der Waals surface area (Å²) in [5, 5.41) is 11.8. The molecule has 5 rings (SSSR count). The number of halogens is 2. The molecule has 0 bridgehead atoms. The lowest BCUT2D eigenvalue weighted by molar-refractivity contribution is -0.135. The average molecular weight is 472 g/mol. The number of amides is 2. The predicted octanol–water partition coefficient (Wildman–Crippen LogP) is 3.22. The van der Waals surface area contributed by atoms with Gasteiger partial charge in [0.15, 0.2) is 11.5 Å². The fourth-order valence-corrected chi connectivity index (χ4v) is 3.46. The normalized spacial score (nSPS) is 14.9. The highest BCUT2D eigenvalue weighted by Crippen LogP contribution is 2.35. The van der Waals surface area contributed by atoms with Crippen LogP contribution >= 0.6 is 11.6 Å². The van der Waals surface area contributed by atoms with E-state index < -0.39 is 18.3 Å². The van der Waals surface area contributed by atoms with Crippen LogP contribution in [0.4, 0.5) is 10.1 Å². The van der Waals surface area contributed by atoms with E-state index in [1.54, 1.807) is 18.2 Å². The number of anilines is 1. The first kappa shape index (κ1) is 20.9. The SMILES string of the molecule is O=C(CN1N=C(c2nc(-c3ccc4c(c3)OCO4)no2)CCC1=O)Nc1cc(F)ccc1Cl. The predicted molar refractivity (Wildman–Crippen MR) is 113 cm³/mol. The van der Waals surface area contributed by atoms with Crippen molar-refractivity contribution in [3.63, 3.8) is 0 Å². The van der Waals surface area contributed by atoms with E-state index >= 15 is 0 Å². The summed E-state index contributed by atoms with van der Waals surface area (Å²) >= 11 is 5.97. The van der Waals surface area contributed by atoms with Gasteiger partial charge in [0.1, 0.15) is 18.1 Å². The highest BCUT2D eigenvalue weighted by atomic mass is 35.5. The number of carbonyl (C=O) groups is 2. The molecule has 168 valence electrons. The summed E-state index contributed by atoms with van der Waals surface area (Å²) in [7, 11) is 0. The number of hydrogen-bond acceptors (Lipinski definition) is 8. The van der Waals surface area contributed by atoms with Crippen molar-refractivity contribution in [3.8, 4) is 22.9 Å². The molecule has 3 aromatic rings. The van der Waals surface area contributed by atoms with Gasteiger partial charge in [0.25, 0.3) is 5.89 Å². The lowest BCUT2D eigenvalue weighted by Gasteiger charge is -2.21. The molecule has 3 heterocycles. The highest BCUT2D eigenvalue weighted by Gasteiger charge is 2.27. The molecule has 0 unspecified atom stereocenters. The summed E-state index contributed by atoms with van der Waals surface area (Å²) in [6, 6.07) is 8.83. The standard InChI is InChI=1S/C21H15ClFN5O5/c22-13-3-2-12(23)8-15(13)24-18(29)9-28-19(30)6-4-14(26-28)21-25-20(27-33-21)11-1-5-16-17(7-11)32-10-31-16/h1-3,5,7-8H,4,6,9-10H2,(H,24,29). The number of ether oxygens (including phenoxy) is 2. The second kappa shape index (κ2) is 8.51. The summed E-state index contributed by atoms with van der Waals surface area (Å²) in [6.07, 6.45) is 0.379. The van der Waals surface area contributed by atoms with Crippen LogP contribution in [-0.2, 0) is 9.59 Å². The molecule has 2 aliphatic heterocycles. The summed E-state index contributed by atoms with van der Waals surface area (Å²) in [5.41, 5.74) is 1.12. The summed E-state index contributed by atoms with van der Waals surface area (Å²) in [6.45, 7) is -0.242. The molecule has 0 saturated heterocycles. The lowest BCUT2D eigenvalue weighted by atomic mass is 10.1. The van der Waals surface area contributed by atoms with E-state index in [1.165, 1.54) is 12.1 Å². The lowest BCUT2D eigenvalue weighted by Crippen LogP contribution is -2.38. The van der Waals surface area contributed by atoms with Gasteiger partial charge in [-0.2, -0.15) is 10.1 Å². The Morgan fingerprint density at radius 2 is 2.00 bits per heavy atom. The maximum Gasteiger partial charge on any atom is 0.274 e. The van der Waals surface area contributed by atoms with Crippen LogP contribution in [0.5, 0.6) is 11.5 Å². The third-order valence-corrected chi connectivity index (χ3v) is 5.23. The third kappa shape index (κ3) is 4.35. The van der Waals surface area contributed by atoms with Crippen molar-refractivity contribution < 1.29 is 28.0 Å². The highest BCUT2D eigenvalue weighted by molar-refractivity contribution is 6.33. The number of hydrogen-bond donors (Lipinski definition) is 1. The number of nitrogens with zero attached hydrogens (tertiary/aromatic N) is 4. The molecule has 10 nitrogen and oxygen atoms in total. The van der Waals surface area contributed by atoms with Gasteiger partial charge in [-0.15, -0.1) is 0 Å². The topological polar surface area (TPSA) is 119 Å². The van der Waals surface area contributed by atoms with Crippen molar-refractivity contribution in [2.24, 2.45) is 5.10 Å². The smallest absolute Gasteiger partial charge is 0.274 e. The van der Waals surface area contributed by atoms with Gasteiger partial charge >= 0.3 is 0 Å². The van der Waals surface area contributed by atoms with Crippen LogP contribution in [0.25, 0.3) is 11.4 Å². The maximum atomic E-state index is 13.4. The van der Waals surface area contributed by atoms with Crippen molar-refractivity contribution in [3.05, 3.63) is 53.1 Å². The van der Waals surface area contributed by atoms with Gasteiger partial charge in [-0.25, -0.2) is 9.40 Å². The van der Waals surface area contributed by atoms with Gasteiger partial charge in [0, 0.05) is 18.4 Å². The average Bonchev–Trinajstić information content (AvgIpc) is 3.47. The Hall–Kier alpha value is -3.99. The molecular weight excluding hydrogens is 457 g/mol. The van der Waals surface area contributed by atoms with Crippen LogP contribution < -0.4 is 14.8 Å². The minimum Gasteiger partial charge on any atom is -0.454 e. The Morgan fingerprint density at radius 3 is 2.88 bits per heavy atom. The molecule has 2 aliphatic rings. The van der Waals surface area contributed by atoms with Crippen molar-refractivity contribution in [2.45, 2.75) is 12.8 Å². The molecule has 0 atom stereocenters. The van der Waals surface area contributed by atoms with Gasteiger partial charge in [-0.1, -0.05) is 16.8 Å². The molecule has 2 aromatic carbocycles. The first-order chi connectivity index (χ1) is 16.0. The Bertz CT molecular complexity index is 1290. The van der Waals surface area contributed by atoms with E-state index in [9.17, 15) is 14.0 Å². The maximum absolute atomic E-state index is 13.4. The number of rotatable bonds is 5. The Labute approximate surface area is 190 Å². The molecule has 0 radical (unpaired) electrons. The van der Waals surface area contributed by atoms with Gasteiger partial charge in [0.05, 0.1) is 10.7 Å². The number of nitrogens with one attached hydrogen (secondary N) is 1. The Kier molecular flexibility index (Phi) is 5.38. The zero-order valence-corrected chi connectivity index (χ0v) is 17.6. The molecule has 0 saturated carbocycles. The molecule has 12 heteroatoms. The van der Waals surface area contributed by atoms with E-state index in [1.807, 2.05) is 0 Å². The first-order valence-electron chi connectivity index (χ1n) is 9.83. The largest absolute Gasteiger partial charge is 0.454 e. The molecule has 0 fully saturated rings. The van der Waals surface area contributed by atoms with Crippen molar-refractivity contribution in [2.75, 3.05) is 18.7 Å². The minimum absolute atomic E-state index is 0.0978. The van der Waals surface area contributed by atoms with Crippen LogP contribution in [-0.4, -0.2) is 46.0 Å². The van der Waals surface area contributed by atoms with Crippen LogP contribution in [0.3, 0.4) is 0 Å².